The second kappa shape index (κ2) is 10.2. The molecule has 0 aliphatic heterocycles. The average molecular weight is 457 g/mol. The minimum absolute atomic E-state index is 0.0463. The lowest BCUT2D eigenvalue weighted by atomic mass is 9.51. The second-order valence-corrected chi connectivity index (χ2v) is 12.8. The Balaban J connectivity index is 1.53. The molecule has 0 bridgehead atoms. The van der Waals surface area contributed by atoms with E-state index in [1.54, 1.807) is 0 Å². The third-order valence-corrected chi connectivity index (χ3v) is 10.3. The lowest BCUT2D eigenvalue weighted by Crippen LogP contribution is -2.49. The van der Waals surface area contributed by atoms with E-state index in [1.165, 1.54) is 70.3 Å². The van der Waals surface area contributed by atoms with Gasteiger partial charge in [-0.3, -0.25) is 9.59 Å². The van der Waals surface area contributed by atoms with Gasteiger partial charge in [0.15, 0.2) is 5.78 Å². The highest BCUT2D eigenvalue weighted by Crippen LogP contribution is 2.60. The fourth-order valence-electron chi connectivity index (χ4n) is 8.57. The van der Waals surface area contributed by atoms with Crippen LogP contribution in [0, 0.1) is 46.8 Å². The SMILES string of the molecule is CC(=O)O[C@H]1CC[C@@]2(C)C(=CC(=O)C3C4CC[C@H](C(C)CCCC(C)C)[C@@H]4CCCCC32)C1. The molecule has 3 heteroatoms. The third-order valence-electron chi connectivity index (χ3n) is 10.3. The lowest BCUT2D eigenvalue weighted by molar-refractivity contribution is -0.148. The molecule has 0 heterocycles. The number of allylic oxidation sites excluding steroid dienone is 1. The first-order valence-electron chi connectivity index (χ1n) is 14.1. The highest BCUT2D eigenvalue weighted by molar-refractivity contribution is 5.94. The molecule has 0 N–H and O–H groups in total. The van der Waals surface area contributed by atoms with Gasteiger partial charge in [-0.1, -0.05) is 65.4 Å². The van der Waals surface area contributed by atoms with E-state index < -0.39 is 0 Å². The zero-order valence-electron chi connectivity index (χ0n) is 21.9. The minimum Gasteiger partial charge on any atom is -0.462 e. The summed E-state index contributed by atoms with van der Waals surface area (Å²) in [7, 11) is 0. The lowest BCUT2D eigenvalue weighted by Gasteiger charge is -2.53. The molecule has 0 radical (unpaired) electrons. The molecule has 3 fully saturated rings. The van der Waals surface area contributed by atoms with Gasteiger partial charge in [-0.15, -0.1) is 0 Å². The van der Waals surface area contributed by atoms with E-state index in [0.717, 1.165) is 42.9 Å². The Labute approximate surface area is 202 Å². The van der Waals surface area contributed by atoms with Crippen LogP contribution in [-0.4, -0.2) is 17.9 Å². The summed E-state index contributed by atoms with van der Waals surface area (Å²) in [6.45, 7) is 11.1. The fraction of sp³-hybridized carbons (Fsp3) is 0.867. The smallest absolute Gasteiger partial charge is 0.302 e. The van der Waals surface area contributed by atoms with Crippen LogP contribution in [-0.2, 0) is 14.3 Å². The molecule has 0 aromatic heterocycles. The second-order valence-electron chi connectivity index (χ2n) is 12.8. The van der Waals surface area contributed by atoms with Gasteiger partial charge in [-0.05, 0) is 85.5 Å². The number of ketones is 1. The van der Waals surface area contributed by atoms with Gasteiger partial charge in [0.05, 0.1) is 0 Å². The van der Waals surface area contributed by atoms with Crippen LogP contribution in [0.25, 0.3) is 0 Å². The molecule has 4 unspecified atom stereocenters. The van der Waals surface area contributed by atoms with E-state index in [2.05, 4.69) is 27.7 Å². The van der Waals surface area contributed by atoms with E-state index >= 15 is 0 Å². The quantitative estimate of drug-likeness (QED) is 0.388. The van der Waals surface area contributed by atoms with Crippen LogP contribution in [0.1, 0.15) is 112 Å². The van der Waals surface area contributed by atoms with Gasteiger partial charge in [0, 0.05) is 19.3 Å². The van der Waals surface area contributed by atoms with Crippen molar-refractivity contribution in [3.63, 3.8) is 0 Å². The molecule has 3 saturated carbocycles. The summed E-state index contributed by atoms with van der Waals surface area (Å²) in [5.41, 5.74) is 1.39. The van der Waals surface area contributed by atoms with E-state index in [9.17, 15) is 9.59 Å². The number of esters is 1. The van der Waals surface area contributed by atoms with Crippen LogP contribution < -0.4 is 0 Å². The Kier molecular flexibility index (Phi) is 7.76. The molecule has 0 amide bonds. The van der Waals surface area contributed by atoms with Crippen molar-refractivity contribution in [1.82, 2.24) is 0 Å². The highest BCUT2D eigenvalue weighted by Gasteiger charge is 2.55. The maximum absolute atomic E-state index is 13.7. The summed E-state index contributed by atoms with van der Waals surface area (Å²) >= 11 is 0. The topological polar surface area (TPSA) is 43.4 Å². The number of carbonyl (C=O) groups excluding carboxylic acids is 2. The first kappa shape index (κ1) is 25.0. The van der Waals surface area contributed by atoms with Crippen LogP contribution in [0.2, 0.25) is 0 Å². The number of fused-ring (bicyclic) bond motifs is 5. The summed E-state index contributed by atoms with van der Waals surface area (Å²) in [6.07, 6.45) is 16.5. The maximum atomic E-state index is 13.7. The molecule has 4 rings (SSSR count). The normalized spacial score (nSPS) is 39.6. The van der Waals surface area contributed by atoms with Gasteiger partial charge >= 0.3 is 5.97 Å². The molecule has 8 atom stereocenters. The number of hydrogen-bond acceptors (Lipinski definition) is 3. The maximum Gasteiger partial charge on any atom is 0.302 e. The number of hydrogen-bond donors (Lipinski definition) is 0. The van der Waals surface area contributed by atoms with Gasteiger partial charge < -0.3 is 4.74 Å². The predicted molar refractivity (Wildman–Crippen MR) is 134 cm³/mol. The van der Waals surface area contributed by atoms with Crippen molar-refractivity contribution in [3.8, 4) is 0 Å². The zero-order chi connectivity index (χ0) is 23.8. The van der Waals surface area contributed by atoms with Crippen molar-refractivity contribution in [2.45, 2.75) is 118 Å². The van der Waals surface area contributed by atoms with Gasteiger partial charge in [-0.25, -0.2) is 0 Å². The van der Waals surface area contributed by atoms with Crippen molar-refractivity contribution >= 4 is 11.8 Å². The van der Waals surface area contributed by atoms with E-state index in [4.69, 9.17) is 4.74 Å². The average Bonchev–Trinajstić information content (AvgIpc) is 3.12. The molecule has 0 aromatic carbocycles. The highest BCUT2D eigenvalue weighted by atomic mass is 16.5. The van der Waals surface area contributed by atoms with Gasteiger partial charge in [-0.2, -0.15) is 0 Å². The van der Waals surface area contributed by atoms with Gasteiger partial charge in [0.1, 0.15) is 6.10 Å². The van der Waals surface area contributed by atoms with Crippen molar-refractivity contribution in [2.24, 2.45) is 46.8 Å². The predicted octanol–water partition coefficient (Wildman–Crippen LogP) is 7.53. The molecule has 186 valence electrons. The molecule has 4 aliphatic rings. The summed E-state index contributed by atoms with van der Waals surface area (Å²) in [4.78, 5) is 25.2. The summed E-state index contributed by atoms with van der Waals surface area (Å²) in [5.74, 6) is 4.63. The van der Waals surface area contributed by atoms with E-state index in [-0.39, 0.29) is 23.4 Å². The Morgan fingerprint density at radius 2 is 1.82 bits per heavy atom. The van der Waals surface area contributed by atoms with Gasteiger partial charge in [0.2, 0.25) is 0 Å². The standard InChI is InChI=1S/C30H48O3/c1-19(2)9-8-10-20(3)24-13-14-26-25(24)11-6-7-12-27-29(26)28(32)18-22-17-23(33-21(4)31)15-16-30(22,27)5/h18-20,23-27,29H,6-17H2,1-5H3/t20?,23-,24+,25-,26?,27?,29?,30-/m0/s1. The molecule has 0 saturated heterocycles. The monoisotopic (exact) mass is 456 g/mol. The molecule has 4 aliphatic carbocycles. The molecule has 3 nitrogen and oxygen atoms in total. The van der Waals surface area contributed by atoms with Crippen molar-refractivity contribution in [3.05, 3.63) is 11.6 Å². The van der Waals surface area contributed by atoms with Crippen LogP contribution >= 0.6 is 0 Å². The number of carbonyl (C=O) groups is 2. The summed E-state index contributed by atoms with van der Waals surface area (Å²) < 4.78 is 5.57. The number of rotatable bonds is 6. The van der Waals surface area contributed by atoms with Crippen LogP contribution in [0.15, 0.2) is 11.6 Å². The zero-order valence-corrected chi connectivity index (χ0v) is 21.9. The molecule has 33 heavy (non-hydrogen) atoms. The van der Waals surface area contributed by atoms with Gasteiger partial charge in [0.25, 0.3) is 0 Å². The van der Waals surface area contributed by atoms with Crippen molar-refractivity contribution in [1.29, 1.82) is 0 Å². The minimum atomic E-state index is -0.197. The van der Waals surface area contributed by atoms with Crippen molar-refractivity contribution < 1.29 is 14.3 Å². The van der Waals surface area contributed by atoms with E-state index in [0.29, 0.717) is 17.6 Å². The Bertz CT molecular complexity index is 752. The van der Waals surface area contributed by atoms with Crippen LogP contribution in [0.3, 0.4) is 0 Å². The largest absolute Gasteiger partial charge is 0.462 e. The Morgan fingerprint density at radius 3 is 2.55 bits per heavy atom. The first-order valence-corrected chi connectivity index (χ1v) is 14.1. The molecular formula is C30H48O3. The Morgan fingerprint density at radius 1 is 1.06 bits per heavy atom. The van der Waals surface area contributed by atoms with E-state index in [1.807, 2.05) is 6.08 Å². The van der Waals surface area contributed by atoms with Crippen LogP contribution in [0.5, 0.6) is 0 Å². The summed E-state index contributed by atoms with van der Waals surface area (Å²) in [5, 5.41) is 0. The molecule has 0 aromatic rings. The molecular weight excluding hydrogens is 408 g/mol. The number of ether oxygens (including phenoxy) is 1. The third kappa shape index (κ3) is 5.13. The van der Waals surface area contributed by atoms with Crippen molar-refractivity contribution in [2.75, 3.05) is 0 Å². The Hall–Kier alpha value is -1.12. The summed E-state index contributed by atoms with van der Waals surface area (Å²) in [6, 6.07) is 0. The first-order chi connectivity index (χ1) is 15.7. The molecule has 0 spiro atoms. The fourth-order valence-corrected chi connectivity index (χ4v) is 8.57. The van der Waals surface area contributed by atoms with Crippen LogP contribution in [0.4, 0.5) is 0 Å².